The fourth-order valence-corrected chi connectivity index (χ4v) is 2.29. The quantitative estimate of drug-likeness (QED) is 0.806. The number of hydrogen-bond acceptors (Lipinski definition) is 1. The molecule has 2 nitrogen and oxygen atoms in total. The first-order valence-corrected chi connectivity index (χ1v) is 6.28. The van der Waals surface area contributed by atoms with Gasteiger partial charge in [0.15, 0.2) is 0 Å². The molecule has 0 spiro atoms. The smallest absolute Gasteiger partial charge is 0.251 e. The van der Waals surface area contributed by atoms with Crippen molar-refractivity contribution in [3.8, 4) is 0 Å². The summed E-state index contributed by atoms with van der Waals surface area (Å²) in [6, 6.07) is 5.72. The Balaban J connectivity index is 1.90. The first-order valence-electron chi connectivity index (χ1n) is 5.75. The van der Waals surface area contributed by atoms with Gasteiger partial charge in [0, 0.05) is 18.0 Å². The van der Waals surface area contributed by atoms with E-state index in [0.29, 0.717) is 18.0 Å². The minimum absolute atomic E-state index is 0.199. The molecule has 0 aromatic heterocycles. The molecule has 1 aliphatic carbocycles. The molecule has 1 amide bonds. The molecule has 0 atom stereocenters. The van der Waals surface area contributed by atoms with Crippen LogP contribution in [0.1, 0.15) is 29.6 Å². The molecule has 0 saturated heterocycles. The van der Waals surface area contributed by atoms with Crippen molar-refractivity contribution in [2.45, 2.75) is 19.3 Å². The highest BCUT2D eigenvalue weighted by molar-refractivity contribution is 6.17. The van der Waals surface area contributed by atoms with Crippen molar-refractivity contribution in [2.24, 2.45) is 5.41 Å². The Bertz CT molecular complexity index is 418. The van der Waals surface area contributed by atoms with Crippen molar-refractivity contribution in [3.05, 3.63) is 35.6 Å². The van der Waals surface area contributed by atoms with Crippen LogP contribution >= 0.6 is 11.6 Å². The van der Waals surface area contributed by atoms with Crippen molar-refractivity contribution in [2.75, 3.05) is 12.4 Å². The van der Waals surface area contributed by atoms with Crippen molar-refractivity contribution < 1.29 is 9.18 Å². The average Bonchev–Trinajstić information content (AvgIpc) is 3.07. The third-order valence-corrected chi connectivity index (χ3v) is 3.48. The normalized spacial score (nSPS) is 16.6. The van der Waals surface area contributed by atoms with Gasteiger partial charge in [-0.15, -0.1) is 11.6 Å². The number of halogens is 2. The zero-order valence-electron chi connectivity index (χ0n) is 9.51. The number of carbonyl (C=O) groups is 1. The first-order chi connectivity index (χ1) is 8.15. The van der Waals surface area contributed by atoms with E-state index in [4.69, 9.17) is 11.6 Å². The van der Waals surface area contributed by atoms with Crippen molar-refractivity contribution in [1.29, 1.82) is 0 Å². The lowest BCUT2D eigenvalue weighted by Crippen LogP contribution is -2.30. The van der Waals surface area contributed by atoms with Gasteiger partial charge in [0.2, 0.25) is 0 Å². The first kappa shape index (κ1) is 12.4. The van der Waals surface area contributed by atoms with E-state index in [-0.39, 0.29) is 17.1 Å². The molecular formula is C13H15ClFNO. The molecule has 1 aromatic carbocycles. The molecule has 1 aliphatic rings. The Morgan fingerprint density at radius 1 is 1.47 bits per heavy atom. The van der Waals surface area contributed by atoms with Crippen LogP contribution in [0.4, 0.5) is 4.39 Å². The Hall–Kier alpha value is -1.09. The summed E-state index contributed by atoms with van der Waals surface area (Å²) in [4.78, 5) is 11.8. The van der Waals surface area contributed by atoms with Crippen LogP contribution in [0, 0.1) is 11.2 Å². The van der Waals surface area contributed by atoms with Crippen molar-refractivity contribution in [3.63, 3.8) is 0 Å². The van der Waals surface area contributed by atoms with Crippen molar-refractivity contribution >= 4 is 17.5 Å². The highest BCUT2D eigenvalue weighted by Crippen LogP contribution is 2.48. The van der Waals surface area contributed by atoms with Gasteiger partial charge >= 0.3 is 0 Å². The van der Waals surface area contributed by atoms with Gasteiger partial charge in [0.1, 0.15) is 5.82 Å². The second kappa shape index (κ2) is 5.05. The number of nitrogens with one attached hydrogen (secondary N) is 1. The third kappa shape index (κ3) is 3.19. The predicted molar refractivity (Wildman–Crippen MR) is 65.7 cm³/mol. The summed E-state index contributed by atoms with van der Waals surface area (Å²) in [6.07, 6.45) is 3.16. The number of hydrogen-bond donors (Lipinski definition) is 1. The molecule has 0 heterocycles. The van der Waals surface area contributed by atoms with Gasteiger partial charge < -0.3 is 5.32 Å². The van der Waals surface area contributed by atoms with Gasteiger partial charge in [-0.2, -0.15) is 0 Å². The summed E-state index contributed by atoms with van der Waals surface area (Å²) in [5, 5.41) is 2.85. The number of alkyl halides is 1. The fourth-order valence-electron chi connectivity index (χ4n) is 1.89. The van der Waals surface area contributed by atoms with Crippen LogP contribution in [0.15, 0.2) is 24.3 Å². The maximum Gasteiger partial charge on any atom is 0.251 e. The standard InChI is InChI=1S/C13H15ClFNO/c14-7-6-13(4-5-13)9-16-12(17)10-2-1-3-11(15)8-10/h1-3,8H,4-7,9H2,(H,16,17). The van der Waals surface area contributed by atoms with Gasteiger partial charge in [0.05, 0.1) is 0 Å². The molecule has 1 saturated carbocycles. The van der Waals surface area contributed by atoms with Crippen LogP contribution < -0.4 is 5.32 Å². The van der Waals surface area contributed by atoms with Gasteiger partial charge in [-0.05, 0) is 42.9 Å². The molecule has 1 aromatic rings. The zero-order chi connectivity index (χ0) is 12.3. The van der Waals surface area contributed by atoms with Crippen LogP contribution in [0.3, 0.4) is 0 Å². The molecule has 4 heteroatoms. The SMILES string of the molecule is O=C(NCC1(CCCl)CC1)c1cccc(F)c1. The van der Waals surface area contributed by atoms with Gasteiger partial charge in [-0.25, -0.2) is 4.39 Å². The maximum atomic E-state index is 12.9. The molecule has 92 valence electrons. The van der Waals surface area contributed by atoms with E-state index in [1.165, 1.54) is 18.2 Å². The Labute approximate surface area is 105 Å². The summed E-state index contributed by atoms with van der Waals surface area (Å²) >= 11 is 5.72. The number of amides is 1. The summed E-state index contributed by atoms with van der Waals surface area (Å²) in [5.74, 6) is 0.0143. The lowest BCUT2D eigenvalue weighted by Gasteiger charge is -2.14. The number of benzene rings is 1. The summed E-state index contributed by atoms with van der Waals surface area (Å²) in [5.41, 5.74) is 0.566. The minimum atomic E-state index is -0.389. The lowest BCUT2D eigenvalue weighted by atomic mass is 10.0. The molecule has 1 N–H and O–H groups in total. The summed E-state index contributed by atoms with van der Waals surface area (Å²) in [6.45, 7) is 0.634. The van der Waals surface area contributed by atoms with E-state index in [1.54, 1.807) is 6.07 Å². The topological polar surface area (TPSA) is 29.1 Å². The lowest BCUT2D eigenvalue weighted by molar-refractivity contribution is 0.0944. The molecule has 0 aliphatic heterocycles. The van der Waals surface area contributed by atoms with Crippen LogP contribution in [-0.2, 0) is 0 Å². The van der Waals surface area contributed by atoms with Crippen molar-refractivity contribution in [1.82, 2.24) is 5.32 Å². The molecule has 0 radical (unpaired) electrons. The predicted octanol–water partition coefficient (Wildman–Crippen LogP) is 2.96. The Kier molecular flexibility index (Phi) is 3.67. The Morgan fingerprint density at radius 3 is 2.82 bits per heavy atom. The monoisotopic (exact) mass is 255 g/mol. The second-order valence-electron chi connectivity index (χ2n) is 4.63. The van der Waals surface area contributed by atoms with E-state index in [1.807, 2.05) is 0 Å². The maximum absolute atomic E-state index is 12.9. The minimum Gasteiger partial charge on any atom is -0.351 e. The highest BCUT2D eigenvalue weighted by Gasteiger charge is 2.41. The zero-order valence-corrected chi connectivity index (χ0v) is 10.3. The van der Waals surface area contributed by atoms with Crippen LogP contribution in [0.5, 0.6) is 0 Å². The molecular weight excluding hydrogens is 241 g/mol. The molecule has 2 rings (SSSR count). The molecule has 0 bridgehead atoms. The van der Waals surface area contributed by atoms with Crippen LogP contribution in [0.2, 0.25) is 0 Å². The summed E-state index contributed by atoms with van der Waals surface area (Å²) in [7, 11) is 0. The van der Waals surface area contributed by atoms with E-state index in [2.05, 4.69) is 5.32 Å². The summed E-state index contributed by atoms with van der Waals surface area (Å²) < 4.78 is 12.9. The second-order valence-corrected chi connectivity index (χ2v) is 5.01. The highest BCUT2D eigenvalue weighted by atomic mass is 35.5. The van der Waals surface area contributed by atoms with E-state index >= 15 is 0 Å². The van der Waals surface area contributed by atoms with Crippen LogP contribution in [-0.4, -0.2) is 18.3 Å². The van der Waals surface area contributed by atoms with E-state index in [0.717, 1.165) is 19.3 Å². The third-order valence-electron chi connectivity index (χ3n) is 3.29. The van der Waals surface area contributed by atoms with Gasteiger partial charge in [-0.1, -0.05) is 6.07 Å². The number of carbonyl (C=O) groups excluding carboxylic acids is 1. The van der Waals surface area contributed by atoms with E-state index in [9.17, 15) is 9.18 Å². The fraction of sp³-hybridized carbons (Fsp3) is 0.462. The average molecular weight is 256 g/mol. The largest absolute Gasteiger partial charge is 0.351 e. The van der Waals surface area contributed by atoms with E-state index < -0.39 is 0 Å². The number of rotatable bonds is 5. The van der Waals surface area contributed by atoms with Gasteiger partial charge in [0.25, 0.3) is 5.91 Å². The van der Waals surface area contributed by atoms with Gasteiger partial charge in [-0.3, -0.25) is 4.79 Å². The van der Waals surface area contributed by atoms with Crippen LogP contribution in [0.25, 0.3) is 0 Å². The molecule has 1 fully saturated rings. The molecule has 17 heavy (non-hydrogen) atoms. The Morgan fingerprint density at radius 2 is 2.24 bits per heavy atom. The molecule has 0 unspecified atom stereocenters.